The minimum Gasteiger partial charge on any atom is -0.462 e. The third kappa shape index (κ3) is 3.97. The molecule has 30 heavy (non-hydrogen) atoms. The van der Waals surface area contributed by atoms with Crippen molar-refractivity contribution in [1.82, 2.24) is 20.5 Å². The minimum absolute atomic E-state index is 0.203. The average molecular weight is 424 g/mol. The summed E-state index contributed by atoms with van der Waals surface area (Å²) in [7, 11) is 0. The normalized spacial score (nSPS) is 15.3. The van der Waals surface area contributed by atoms with Gasteiger partial charge in [-0.2, -0.15) is 0 Å². The first-order chi connectivity index (χ1) is 14.3. The van der Waals surface area contributed by atoms with Crippen molar-refractivity contribution in [3.63, 3.8) is 0 Å². The number of aromatic nitrogens is 1. The number of nitrogens with one attached hydrogen (secondary N) is 2. The lowest BCUT2D eigenvalue weighted by Crippen LogP contribution is -2.40. The number of imide groups is 1. The Kier molecular flexibility index (Phi) is 5.13. The topological polar surface area (TPSA) is 105 Å². The van der Waals surface area contributed by atoms with Gasteiger partial charge in [0.05, 0.1) is 12.8 Å². The molecule has 1 aromatic carbocycles. The molecule has 0 aliphatic carbocycles. The van der Waals surface area contributed by atoms with Crippen LogP contribution in [0.4, 0.5) is 4.79 Å². The highest BCUT2D eigenvalue weighted by molar-refractivity contribution is 7.13. The molecule has 8 nitrogen and oxygen atoms in total. The van der Waals surface area contributed by atoms with E-state index in [2.05, 4.69) is 15.6 Å². The number of urea groups is 1. The van der Waals surface area contributed by atoms with Gasteiger partial charge in [0.2, 0.25) is 0 Å². The summed E-state index contributed by atoms with van der Waals surface area (Å²) in [6, 6.07) is 10.6. The largest absolute Gasteiger partial charge is 0.462 e. The van der Waals surface area contributed by atoms with Crippen LogP contribution in [0.1, 0.15) is 35.5 Å². The molecule has 0 atom stereocenters. The molecule has 1 aliphatic rings. The van der Waals surface area contributed by atoms with Crippen molar-refractivity contribution < 1.29 is 18.8 Å². The van der Waals surface area contributed by atoms with E-state index in [9.17, 15) is 14.4 Å². The zero-order chi connectivity index (χ0) is 21.3. The van der Waals surface area contributed by atoms with Gasteiger partial charge < -0.3 is 15.1 Å². The molecule has 1 fully saturated rings. The molecule has 4 amide bonds. The van der Waals surface area contributed by atoms with Gasteiger partial charge in [-0.1, -0.05) is 24.3 Å². The van der Waals surface area contributed by atoms with Crippen LogP contribution in [-0.2, 0) is 17.9 Å². The van der Waals surface area contributed by atoms with Crippen molar-refractivity contribution >= 4 is 29.2 Å². The summed E-state index contributed by atoms with van der Waals surface area (Å²) in [5.41, 5.74) is 1.18. The average Bonchev–Trinajstić information content (AvgIpc) is 3.44. The maximum absolute atomic E-state index is 12.3. The highest BCUT2D eigenvalue weighted by Crippen LogP contribution is 2.24. The molecule has 2 aromatic heterocycles. The van der Waals surface area contributed by atoms with Crippen LogP contribution in [-0.4, -0.2) is 33.3 Å². The number of amides is 4. The van der Waals surface area contributed by atoms with Crippen molar-refractivity contribution in [2.75, 3.05) is 0 Å². The first kappa shape index (κ1) is 19.8. The van der Waals surface area contributed by atoms with E-state index in [0.29, 0.717) is 23.0 Å². The lowest BCUT2D eigenvalue weighted by Gasteiger charge is -2.16. The quantitative estimate of drug-likeness (QED) is 0.592. The Morgan fingerprint density at radius 3 is 2.57 bits per heavy atom. The lowest BCUT2D eigenvalue weighted by atomic mass is 10.1. The van der Waals surface area contributed by atoms with Crippen molar-refractivity contribution in [1.29, 1.82) is 0 Å². The van der Waals surface area contributed by atoms with E-state index in [1.807, 2.05) is 24.3 Å². The summed E-state index contributed by atoms with van der Waals surface area (Å²) >= 11 is 1.34. The molecule has 2 N–H and O–H groups in total. The molecule has 1 aliphatic heterocycles. The summed E-state index contributed by atoms with van der Waals surface area (Å²) in [4.78, 5) is 42.1. The Morgan fingerprint density at radius 1 is 1.20 bits per heavy atom. The maximum atomic E-state index is 12.3. The van der Waals surface area contributed by atoms with Gasteiger partial charge in [-0.25, -0.2) is 9.78 Å². The van der Waals surface area contributed by atoms with Crippen LogP contribution >= 0.6 is 11.3 Å². The van der Waals surface area contributed by atoms with Crippen LogP contribution in [0.25, 0.3) is 10.8 Å². The van der Waals surface area contributed by atoms with Crippen LogP contribution in [0.2, 0.25) is 0 Å². The van der Waals surface area contributed by atoms with E-state index in [1.165, 1.54) is 16.2 Å². The summed E-state index contributed by atoms with van der Waals surface area (Å²) in [5.74, 6) is 0.110. The highest BCUT2D eigenvalue weighted by atomic mass is 32.1. The van der Waals surface area contributed by atoms with Gasteiger partial charge in [-0.05, 0) is 37.1 Å². The number of rotatable bonds is 6. The third-order valence-electron chi connectivity index (χ3n) is 4.73. The standard InChI is InChI=1S/C21H20N4O4S/c1-21(2)19(27)25(20(28)24-21)11-14-7-5-13(6-8-14)10-22-17(26)15-12-30-18(23-15)16-4-3-9-29-16/h3-9,12H,10-11H2,1-2H3,(H,22,26)(H,24,28). The zero-order valence-electron chi connectivity index (χ0n) is 16.5. The monoisotopic (exact) mass is 424 g/mol. The SMILES string of the molecule is CC1(C)NC(=O)N(Cc2ccc(CNC(=O)c3csc(-c4ccco4)n3)cc2)C1=O. The molecule has 0 spiro atoms. The second kappa shape index (κ2) is 7.75. The van der Waals surface area contributed by atoms with Crippen LogP contribution < -0.4 is 10.6 Å². The van der Waals surface area contributed by atoms with Gasteiger partial charge >= 0.3 is 6.03 Å². The number of nitrogens with zero attached hydrogens (tertiary/aromatic N) is 2. The van der Waals surface area contributed by atoms with Crippen molar-refractivity contribution in [2.45, 2.75) is 32.5 Å². The number of thiazole rings is 1. The molecule has 154 valence electrons. The zero-order valence-corrected chi connectivity index (χ0v) is 17.3. The predicted molar refractivity (Wildman–Crippen MR) is 111 cm³/mol. The van der Waals surface area contributed by atoms with E-state index >= 15 is 0 Å². The summed E-state index contributed by atoms with van der Waals surface area (Å²) < 4.78 is 5.29. The van der Waals surface area contributed by atoms with Crippen molar-refractivity contribution in [2.24, 2.45) is 0 Å². The fraction of sp³-hybridized carbons (Fsp3) is 0.238. The fourth-order valence-corrected chi connectivity index (χ4v) is 3.84. The number of hydrogen-bond acceptors (Lipinski definition) is 6. The van der Waals surface area contributed by atoms with Crippen molar-refractivity contribution in [3.05, 3.63) is 64.9 Å². The number of carbonyl (C=O) groups is 3. The molecule has 3 aromatic rings. The fourth-order valence-electron chi connectivity index (χ4n) is 3.07. The number of hydrogen-bond donors (Lipinski definition) is 2. The van der Waals surface area contributed by atoms with Crippen LogP contribution in [0.15, 0.2) is 52.5 Å². The Bertz CT molecular complexity index is 1090. The second-order valence-electron chi connectivity index (χ2n) is 7.46. The maximum Gasteiger partial charge on any atom is 0.325 e. The Morgan fingerprint density at radius 2 is 1.93 bits per heavy atom. The molecule has 4 rings (SSSR count). The van der Waals surface area contributed by atoms with E-state index in [0.717, 1.165) is 11.1 Å². The van der Waals surface area contributed by atoms with Crippen LogP contribution in [0.3, 0.4) is 0 Å². The van der Waals surface area contributed by atoms with E-state index in [-0.39, 0.29) is 18.4 Å². The first-order valence-corrected chi connectivity index (χ1v) is 10.2. The molecule has 0 unspecified atom stereocenters. The molecule has 3 heterocycles. The Balaban J connectivity index is 1.33. The molecule has 0 saturated carbocycles. The molecular weight excluding hydrogens is 404 g/mol. The summed E-state index contributed by atoms with van der Waals surface area (Å²) in [6.45, 7) is 3.90. The second-order valence-corrected chi connectivity index (χ2v) is 8.32. The molecule has 1 saturated heterocycles. The number of benzene rings is 1. The molecular formula is C21H20N4O4S. The van der Waals surface area contributed by atoms with Gasteiger partial charge in [0.25, 0.3) is 11.8 Å². The van der Waals surface area contributed by atoms with Gasteiger partial charge in [-0.15, -0.1) is 11.3 Å². The molecule has 9 heteroatoms. The van der Waals surface area contributed by atoms with Gasteiger partial charge in [0.1, 0.15) is 11.2 Å². The highest BCUT2D eigenvalue weighted by Gasteiger charge is 2.43. The summed E-state index contributed by atoms with van der Waals surface area (Å²) in [6.07, 6.45) is 1.56. The molecule has 0 radical (unpaired) electrons. The minimum atomic E-state index is -0.881. The van der Waals surface area contributed by atoms with Crippen LogP contribution in [0.5, 0.6) is 0 Å². The Labute approximate surface area is 176 Å². The predicted octanol–water partition coefficient (Wildman–Crippen LogP) is 3.16. The lowest BCUT2D eigenvalue weighted by molar-refractivity contribution is -0.130. The van der Waals surface area contributed by atoms with E-state index < -0.39 is 11.6 Å². The van der Waals surface area contributed by atoms with Crippen molar-refractivity contribution in [3.8, 4) is 10.8 Å². The Hall–Kier alpha value is -3.46. The third-order valence-corrected chi connectivity index (χ3v) is 5.59. The molecule has 0 bridgehead atoms. The van der Waals surface area contributed by atoms with E-state index in [1.54, 1.807) is 37.6 Å². The van der Waals surface area contributed by atoms with Gasteiger partial charge in [0.15, 0.2) is 10.8 Å². The first-order valence-electron chi connectivity index (χ1n) is 9.33. The number of carbonyl (C=O) groups excluding carboxylic acids is 3. The van der Waals surface area contributed by atoms with E-state index in [4.69, 9.17) is 4.42 Å². The van der Waals surface area contributed by atoms with Gasteiger partial charge in [-0.3, -0.25) is 14.5 Å². The van der Waals surface area contributed by atoms with Gasteiger partial charge in [0, 0.05) is 11.9 Å². The van der Waals surface area contributed by atoms with Crippen LogP contribution in [0, 0.1) is 0 Å². The smallest absolute Gasteiger partial charge is 0.325 e. The summed E-state index contributed by atoms with van der Waals surface area (Å²) in [5, 5.41) is 7.84. The number of furan rings is 1.